The van der Waals surface area contributed by atoms with Gasteiger partial charge in [0, 0.05) is 11.1 Å². The minimum atomic E-state index is -1.53. The van der Waals surface area contributed by atoms with E-state index < -0.39 is 5.60 Å². The largest absolute Gasteiger partial charge is 0.508 e. The van der Waals surface area contributed by atoms with Crippen LogP contribution in [-0.2, 0) is 5.60 Å². The van der Waals surface area contributed by atoms with Crippen molar-refractivity contribution in [3.8, 4) is 23.8 Å². The average Bonchev–Trinajstić information content (AvgIpc) is 2.47. The van der Waals surface area contributed by atoms with Gasteiger partial charge in [0.1, 0.15) is 11.5 Å². The van der Waals surface area contributed by atoms with Crippen molar-refractivity contribution in [1.82, 2.24) is 0 Å². The van der Waals surface area contributed by atoms with Crippen LogP contribution in [0.4, 0.5) is 0 Å². The number of phenols is 1. The molecule has 1 unspecified atom stereocenters. The van der Waals surface area contributed by atoms with Crippen molar-refractivity contribution >= 4 is 0 Å². The first kappa shape index (κ1) is 13.0. The highest BCUT2D eigenvalue weighted by Gasteiger charge is 2.29. The highest BCUT2D eigenvalue weighted by molar-refractivity contribution is 5.46. The van der Waals surface area contributed by atoms with E-state index in [1.807, 2.05) is 0 Å². The third kappa shape index (κ3) is 2.40. The molecule has 0 radical (unpaired) electrons. The highest BCUT2D eigenvalue weighted by Crippen LogP contribution is 2.31. The summed E-state index contributed by atoms with van der Waals surface area (Å²) in [7, 11) is 1.57. The maximum Gasteiger partial charge on any atom is 0.176 e. The molecule has 0 saturated carbocycles. The molecule has 0 fully saturated rings. The summed E-state index contributed by atoms with van der Waals surface area (Å²) in [6.45, 7) is 0. The molecule has 0 bridgehead atoms. The van der Waals surface area contributed by atoms with Crippen LogP contribution < -0.4 is 4.74 Å². The van der Waals surface area contributed by atoms with Gasteiger partial charge < -0.3 is 14.9 Å². The van der Waals surface area contributed by atoms with Gasteiger partial charge in [0.25, 0.3) is 0 Å². The summed E-state index contributed by atoms with van der Waals surface area (Å²) in [6.07, 6.45) is 5.49. The molecule has 96 valence electrons. The Bertz CT molecular complexity index is 593. The molecule has 0 aliphatic heterocycles. The number of aromatic hydroxyl groups is 1. The molecular formula is C16H14O3. The number of phenolic OH excluding ortho intramolecular Hbond substituents is 1. The van der Waals surface area contributed by atoms with Gasteiger partial charge >= 0.3 is 0 Å². The van der Waals surface area contributed by atoms with Gasteiger partial charge in [0.15, 0.2) is 5.60 Å². The normalized spacial score (nSPS) is 13.3. The molecule has 1 atom stereocenters. The van der Waals surface area contributed by atoms with Gasteiger partial charge in [-0.05, 0) is 24.3 Å². The number of hydrogen-bond donors (Lipinski definition) is 2. The smallest absolute Gasteiger partial charge is 0.176 e. The van der Waals surface area contributed by atoms with E-state index in [2.05, 4.69) is 5.92 Å². The lowest BCUT2D eigenvalue weighted by Gasteiger charge is -2.23. The summed E-state index contributed by atoms with van der Waals surface area (Å²) < 4.78 is 5.07. The van der Waals surface area contributed by atoms with Gasteiger partial charge in [-0.15, -0.1) is 6.42 Å². The molecular weight excluding hydrogens is 240 g/mol. The first-order valence-electron chi connectivity index (χ1n) is 5.74. The molecule has 2 N–H and O–H groups in total. The van der Waals surface area contributed by atoms with Crippen LogP contribution in [-0.4, -0.2) is 17.3 Å². The average molecular weight is 254 g/mol. The number of rotatable bonds is 3. The van der Waals surface area contributed by atoms with Crippen molar-refractivity contribution in [1.29, 1.82) is 0 Å². The van der Waals surface area contributed by atoms with Crippen molar-refractivity contribution in [2.24, 2.45) is 0 Å². The Kier molecular flexibility index (Phi) is 3.46. The standard InChI is InChI=1S/C16H14O3/c1-3-16(18,12-4-8-14(17)9-5-12)13-6-10-15(19-2)11-7-13/h1,4-11,17-18H,2H3. The Balaban J connectivity index is 2.47. The minimum Gasteiger partial charge on any atom is -0.508 e. The van der Waals surface area contributed by atoms with Gasteiger partial charge in [-0.3, -0.25) is 0 Å². The van der Waals surface area contributed by atoms with E-state index in [0.29, 0.717) is 16.9 Å². The summed E-state index contributed by atoms with van der Waals surface area (Å²) in [5.41, 5.74) is -0.431. The maximum absolute atomic E-state index is 10.7. The highest BCUT2D eigenvalue weighted by atomic mass is 16.5. The lowest BCUT2D eigenvalue weighted by Crippen LogP contribution is -2.24. The van der Waals surface area contributed by atoms with Crippen LogP contribution in [0.3, 0.4) is 0 Å². The van der Waals surface area contributed by atoms with E-state index >= 15 is 0 Å². The molecule has 0 saturated heterocycles. The predicted octanol–water partition coefficient (Wildman–Crippen LogP) is 2.27. The molecule has 0 aliphatic rings. The lowest BCUT2D eigenvalue weighted by molar-refractivity contribution is 0.145. The molecule has 0 aliphatic carbocycles. The Labute approximate surface area is 112 Å². The zero-order valence-electron chi connectivity index (χ0n) is 10.5. The Morgan fingerprint density at radius 1 is 1.00 bits per heavy atom. The van der Waals surface area contributed by atoms with Crippen LogP contribution in [0.1, 0.15) is 11.1 Å². The Morgan fingerprint density at radius 2 is 1.47 bits per heavy atom. The fraction of sp³-hybridized carbons (Fsp3) is 0.125. The fourth-order valence-electron chi connectivity index (χ4n) is 1.87. The van der Waals surface area contributed by atoms with Crippen LogP contribution in [0.25, 0.3) is 0 Å². The molecule has 0 aromatic heterocycles. The molecule has 0 spiro atoms. The van der Waals surface area contributed by atoms with E-state index in [1.165, 1.54) is 12.1 Å². The predicted molar refractivity (Wildman–Crippen MR) is 72.9 cm³/mol. The number of methoxy groups -OCH3 is 1. The van der Waals surface area contributed by atoms with Gasteiger partial charge in [-0.2, -0.15) is 0 Å². The number of benzene rings is 2. The van der Waals surface area contributed by atoms with E-state index in [9.17, 15) is 10.2 Å². The van der Waals surface area contributed by atoms with Gasteiger partial charge in [0.05, 0.1) is 7.11 Å². The van der Waals surface area contributed by atoms with E-state index in [0.717, 1.165) is 0 Å². The number of ether oxygens (including phenoxy) is 1. The third-order valence-corrected chi connectivity index (χ3v) is 3.00. The number of aliphatic hydroxyl groups is 1. The second kappa shape index (κ2) is 5.05. The van der Waals surface area contributed by atoms with Gasteiger partial charge in [-0.1, -0.05) is 30.2 Å². The Hall–Kier alpha value is -2.44. The van der Waals surface area contributed by atoms with Crippen LogP contribution >= 0.6 is 0 Å². The second-order valence-electron chi connectivity index (χ2n) is 4.13. The molecule has 2 aromatic rings. The molecule has 2 aromatic carbocycles. The van der Waals surface area contributed by atoms with Crippen molar-refractivity contribution in [2.75, 3.05) is 7.11 Å². The lowest BCUT2D eigenvalue weighted by atomic mass is 9.87. The van der Waals surface area contributed by atoms with Gasteiger partial charge in [0.2, 0.25) is 0 Å². The molecule has 3 nitrogen and oxygen atoms in total. The number of terminal acetylenes is 1. The summed E-state index contributed by atoms with van der Waals surface area (Å²) >= 11 is 0. The van der Waals surface area contributed by atoms with Gasteiger partial charge in [-0.25, -0.2) is 0 Å². The molecule has 19 heavy (non-hydrogen) atoms. The summed E-state index contributed by atoms with van der Waals surface area (Å²) in [4.78, 5) is 0. The van der Waals surface area contributed by atoms with Crippen LogP contribution in [0.5, 0.6) is 11.5 Å². The summed E-state index contributed by atoms with van der Waals surface area (Å²) in [5, 5.41) is 19.9. The van der Waals surface area contributed by atoms with Crippen LogP contribution in [0.15, 0.2) is 48.5 Å². The van der Waals surface area contributed by atoms with E-state index in [-0.39, 0.29) is 5.75 Å². The first-order valence-corrected chi connectivity index (χ1v) is 5.74. The van der Waals surface area contributed by atoms with Crippen LogP contribution in [0, 0.1) is 12.3 Å². The maximum atomic E-state index is 10.7. The van der Waals surface area contributed by atoms with Crippen molar-refractivity contribution in [2.45, 2.75) is 5.60 Å². The van der Waals surface area contributed by atoms with E-state index in [4.69, 9.17) is 11.2 Å². The van der Waals surface area contributed by atoms with Crippen molar-refractivity contribution in [3.63, 3.8) is 0 Å². The SMILES string of the molecule is C#CC(O)(c1ccc(O)cc1)c1ccc(OC)cc1. The molecule has 0 amide bonds. The van der Waals surface area contributed by atoms with Crippen molar-refractivity contribution in [3.05, 3.63) is 59.7 Å². The third-order valence-electron chi connectivity index (χ3n) is 3.00. The van der Waals surface area contributed by atoms with E-state index in [1.54, 1.807) is 43.5 Å². The second-order valence-corrected chi connectivity index (χ2v) is 4.13. The zero-order chi connectivity index (χ0) is 13.9. The summed E-state index contributed by atoms with van der Waals surface area (Å²) in [5.74, 6) is 3.21. The zero-order valence-corrected chi connectivity index (χ0v) is 10.5. The fourth-order valence-corrected chi connectivity index (χ4v) is 1.87. The first-order chi connectivity index (χ1) is 9.10. The Morgan fingerprint density at radius 3 is 1.89 bits per heavy atom. The molecule has 0 heterocycles. The quantitative estimate of drug-likeness (QED) is 0.826. The van der Waals surface area contributed by atoms with Crippen molar-refractivity contribution < 1.29 is 14.9 Å². The minimum absolute atomic E-state index is 0.123. The number of hydrogen-bond acceptors (Lipinski definition) is 3. The topological polar surface area (TPSA) is 49.7 Å². The molecule has 3 heteroatoms. The van der Waals surface area contributed by atoms with Crippen LogP contribution in [0.2, 0.25) is 0 Å². The monoisotopic (exact) mass is 254 g/mol. The summed E-state index contributed by atoms with van der Waals surface area (Å²) in [6, 6.07) is 13.1. The molecule has 2 rings (SSSR count).